The molecule has 0 fully saturated rings. The monoisotopic (exact) mass is 191 g/mol. The minimum Gasteiger partial charge on any atom is -0.467 e. The molecule has 72 valence electrons. The van der Waals surface area contributed by atoms with Gasteiger partial charge in [-0.25, -0.2) is 0 Å². The summed E-state index contributed by atoms with van der Waals surface area (Å²) < 4.78 is 41.3. The van der Waals surface area contributed by atoms with Crippen LogP contribution in [0.15, 0.2) is 29.4 Å². The summed E-state index contributed by atoms with van der Waals surface area (Å²) in [4.78, 5) is 0. The summed E-state index contributed by atoms with van der Waals surface area (Å²) in [5.74, 6) is -0.303. The molecule has 0 spiro atoms. The molecule has 0 aliphatic heterocycles. The fourth-order valence-corrected chi connectivity index (χ4v) is 0.920. The van der Waals surface area contributed by atoms with E-state index in [9.17, 15) is 13.2 Å². The predicted molar refractivity (Wildman–Crippen MR) is 40.8 cm³/mol. The van der Waals surface area contributed by atoms with Crippen molar-refractivity contribution in [2.24, 2.45) is 5.73 Å². The highest BCUT2D eigenvalue weighted by Crippen LogP contribution is 2.34. The van der Waals surface area contributed by atoms with E-state index in [-0.39, 0.29) is 5.76 Å². The Morgan fingerprint density at radius 3 is 2.62 bits per heavy atom. The van der Waals surface area contributed by atoms with Crippen LogP contribution >= 0.6 is 0 Å². The number of nitrogens with two attached hydrogens (primary N) is 1. The lowest BCUT2D eigenvalue weighted by Crippen LogP contribution is -2.13. The second-order valence-corrected chi connectivity index (χ2v) is 2.46. The Bertz CT molecular complexity index is 303. The highest BCUT2D eigenvalue weighted by atomic mass is 19.4. The minimum atomic E-state index is -4.43. The zero-order valence-electron chi connectivity index (χ0n) is 6.64. The molecule has 1 heterocycles. The molecule has 0 bridgehead atoms. The van der Waals surface area contributed by atoms with Crippen molar-refractivity contribution in [1.29, 1.82) is 0 Å². The van der Waals surface area contributed by atoms with Crippen LogP contribution in [0, 0.1) is 0 Å². The summed E-state index contributed by atoms with van der Waals surface area (Å²) in [5, 5.41) is 0. The molecular formula is C8H8F3NO. The highest BCUT2D eigenvalue weighted by Gasteiger charge is 2.36. The molecule has 0 saturated heterocycles. The first kappa shape index (κ1) is 9.85. The van der Waals surface area contributed by atoms with Crippen molar-refractivity contribution >= 4 is 0 Å². The Morgan fingerprint density at radius 2 is 2.15 bits per heavy atom. The summed E-state index contributed by atoms with van der Waals surface area (Å²) in [5.41, 5.74) is 4.48. The molecule has 1 aromatic rings. The van der Waals surface area contributed by atoms with Gasteiger partial charge in [0.15, 0.2) is 0 Å². The first-order chi connectivity index (χ1) is 5.96. The normalized spacial score (nSPS) is 14.2. The van der Waals surface area contributed by atoms with Gasteiger partial charge >= 0.3 is 6.18 Å². The first-order valence-electron chi connectivity index (χ1n) is 3.49. The van der Waals surface area contributed by atoms with E-state index in [0.29, 0.717) is 0 Å². The fourth-order valence-electron chi connectivity index (χ4n) is 0.920. The van der Waals surface area contributed by atoms with E-state index in [1.54, 1.807) is 0 Å². The van der Waals surface area contributed by atoms with Gasteiger partial charge in [-0.1, -0.05) is 6.08 Å². The zero-order chi connectivity index (χ0) is 10.1. The first-order valence-corrected chi connectivity index (χ1v) is 3.49. The van der Waals surface area contributed by atoms with Crippen molar-refractivity contribution in [2.45, 2.75) is 12.2 Å². The van der Waals surface area contributed by atoms with E-state index in [1.807, 2.05) is 0 Å². The lowest BCUT2D eigenvalue weighted by Gasteiger charge is -2.08. The van der Waals surface area contributed by atoms with E-state index < -0.39 is 17.8 Å². The number of alkyl halides is 3. The van der Waals surface area contributed by atoms with Gasteiger partial charge in [0.2, 0.25) is 0 Å². The second kappa shape index (κ2) is 3.26. The number of hydrogen-bond donors (Lipinski definition) is 1. The van der Waals surface area contributed by atoms with Crippen molar-refractivity contribution in [3.8, 4) is 0 Å². The Labute approximate surface area is 72.8 Å². The van der Waals surface area contributed by atoms with Gasteiger partial charge in [-0.05, 0) is 6.07 Å². The molecule has 13 heavy (non-hydrogen) atoms. The Kier molecular flexibility index (Phi) is 2.47. The van der Waals surface area contributed by atoms with Crippen molar-refractivity contribution < 1.29 is 17.6 Å². The van der Waals surface area contributed by atoms with E-state index >= 15 is 0 Å². The molecule has 5 heteroatoms. The summed E-state index contributed by atoms with van der Waals surface area (Å²) >= 11 is 0. The second-order valence-electron chi connectivity index (χ2n) is 2.46. The van der Waals surface area contributed by atoms with Gasteiger partial charge in [-0.15, -0.1) is 6.58 Å². The Morgan fingerprint density at radius 1 is 1.54 bits per heavy atom. The third-order valence-electron chi connectivity index (χ3n) is 1.56. The molecule has 0 aliphatic rings. The summed E-state index contributed by atoms with van der Waals surface area (Å²) in [6.07, 6.45) is -2.28. The van der Waals surface area contributed by atoms with Crippen molar-refractivity contribution in [3.05, 3.63) is 36.3 Å². The van der Waals surface area contributed by atoms with Gasteiger partial charge in [0.25, 0.3) is 0 Å². The van der Waals surface area contributed by atoms with Crippen LogP contribution in [0.4, 0.5) is 13.2 Å². The third-order valence-corrected chi connectivity index (χ3v) is 1.56. The standard InChI is InChI=1S/C8H8F3NO/c1-2-6(12)7-5(3-4-13-7)8(9,10)11/h2-4,6H,1,12H2. The lowest BCUT2D eigenvalue weighted by molar-refractivity contribution is -0.138. The average molecular weight is 191 g/mol. The van der Waals surface area contributed by atoms with E-state index in [0.717, 1.165) is 12.3 Å². The van der Waals surface area contributed by atoms with Crippen LogP contribution in [0.1, 0.15) is 17.4 Å². The summed E-state index contributed by atoms with van der Waals surface area (Å²) in [6, 6.07) is -0.0785. The van der Waals surface area contributed by atoms with Gasteiger partial charge in [0.05, 0.1) is 17.9 Å². The van der Waals surface area contributed by atoms with Gasteiger partial charge in [-0.2, -0.15) is 13.2 Å². The molecule has 0 radical (unpaired) electrons. The van der Waals surface area contributed by atoms with Gasteiger partial charge in [0.1, 0.15) is 5.76 Å². The Hall–Kier alpha value is -1.23. The number of furan rings is 1. The number of rotatable bonds is 2. The lowest BCUT2D eigenvalue weighted by atomic mass is 10.1. The van der Waals surface area contributed by atoms with Crippen LogP contribution in [-0.2, 0) is 6.18 Å². The van der Waals surface area contributed by atoms with Crippen molar-refractivity contribution in [2.75, 3.05) is 0 Å². The SMILES string of the molecule is C=CC(N)c1occc1C(F)(F)F. The maximum atomic E-state index is 12.2. The third kappa shape index (κ3) is 1.92. The van der Waals surface area contributed by atoms with Crippen LogP contribution in [0.25, 0.3) is 0 Å². The fraction of sp³-hybridized carbons (Fsp3) is 0.250. The molecule has 2 N–H and O–H groups in total. The molecule has 1 aromatic heterocycles. The highest BCUT2D eigenvalue weighted by molar-refractivity contribution is 5.25. The van der Waals surface area contributed by atoms with E-state index in [4.69, 9.17) is 5.73 Å². The molecule has 0 aliphatic carbocycles. The molecular weight excluding hydrogens is 183 g/mol. The average Bonchev–Trinajstić information content (AvgIpc) is 2.49. The van der Waals surface area contributed by atoms with Gasteiger partial charge < -0.3 is 10.2 Å². The van der Waals surface area contributed by atoms with Crippen LogP contribution in [0.5, 0.6) is 0 Å². The van der Waals surface area contributed by atoms with Crippen LogP contribution in [0.2, 0.25) is 0 Å². The van der Waals surface area contributed by atoms with Crippen molar-refractivity contribution in [1.82, 2.24) is 0 Å². The maximum Gasteiger partial charge on any atom is 0.419 e. The van der Waals surface area contributed by atoms with E-state index in [1.165, 1.54) is 6.08 Å². The Balaban J connectivity index is 3.10. The number of halogens is 3. The molecule has 2 nitrogen and oxygen atoms in total. The summed E-state index contributed by atoms with van der Waals surface area (Å²) in [6.45, 7) is 3.29. The van der Waals surface area contributed by atoms with Gasteiger partial charge in [-0.3, -0.25) is 0 Å². The summed E-state index contributed by atoms with van der Waals surface area (Å²) in [7, 11) is 0. The molecule has 1 atom stereocenters. The molecule has 0 aromatic carbocycles. The minimum absolute atomic E-state index is 0.303. The topological polar surface area (TPSA) is 39.2 Å². The van der Waals surface area contributed by atoms with Crippen LogP contribution in [0.3, 0.4) is 0 Å². The number of hydrogen-bond acceptors (Lipinski definition) is 2. The zero-order valence-corrected chi connectivity index (χ0v) is 6.64. The van der Waals surface area contributed by atoms with Crippen LogP contribution in [-0.4, -0.2) is 0 Å². The molecule has 1 unspecified atom stereocenters. The van der Waals surface area contributed by atoms with Crippen LogP contribution < -0.4 is 5.73 Å². The smallest absolute Gasteiger partial charge is 0.419 e. The quantitative estimate of drug-likeness (QED) is 0.729. The predicted octanol–water partition coefficient (Wildman–Crippen LogP) is 2.48. The van der Waals surface area contributed by atoms with Crippen molar-refractivity contribution in [3.63, 3.8) is 0 Å². The maximum absolute atomic E-state index is 12.2. The van der Waals surface area contributed by atoms with Gasteiger partial charge in [0, 0.05) is 0 Å². The molecule has 0 amide bonds. The molecule has 0 saturated carbocycles. The van der Waals surface area contributed by atoms with E-state index in [2.05, 4.69) is 11.0 Å². The largest absolute Gasteiger partial charge is 0.467 e. The molecule has 1 rings (SSSR count).